The third-order valence-corrected chi connectivity index (χ3v) is 8.64. The molecule has 3 rings (SSSR count). The van der Waals surface area contributed by atoms with E-state index < -0.39 is 0 Å². The highest BCUT2D eigenvalue weighted by molar-refractivity contribution is 6.20. The Morgan fingerprint density at radius 3 is 2.41 bits per heavy atom. The molecule has 0 aromatic carbocycles. The lowest BCUT2D eigenvalue weighted by Crippen LogP contribution is -2.53. The van der Waals surface area contributed by atoms with Gasteiger partial charge in [0.15, 0.2) is 0 Å². The Balaban J connectivity index is 1.44. The molecule has 0 bridgehead atoms. The van der Waals surface area contributed by atoms with Crippen LogP contribution in [-0.2, 0) is 0 Å². The summed E-state index contributed by atoms with van der Waals surface area (Å²) in [6.07, 6.45) is 11.1. The highest BCUT2D eigenvalue weighted by Crippen LogP contribution is 2.45. The molecule has 1 aliphatic heterocycles. The first kappa shape index (κ1) is 23.8. The molecule has 0 aromatic heterocycles. The zero-order chi connectivity index (χ0) is 20.9. The van der Waals surface area contributed by atoms with E-state index in [-0.39, 0.29) is 12.6 Å². The van der Waals surface area contributed by atoms with E-state index in [9.17, 15) is 10.2 Å². The van der Waals surface area contributed by atoms with E-state index in [1.807, 2.05) is 0 Å². The maximum Gasteiger partial charge on any atom is 0.0597 e. The van der Waals surface area contributed by atoms with Gasteiger partial charge in [-0.2, -0.15) is 0 Å². The Kier molecular flexibility index (Phi) is 9.13. The van der Waals surface area contributed by atoms with Gasteiger partial charge in [0.1, 0.15) is 0 Å². The van der Waals surface area contributed by atoms with Crippen LogP contribution >= 0.6 is 11.6 Å². The first-order valence-corrected chi connectivity index (χ1v) is 12.7. The minimum absolute atomic E-state index is 0.156. The number of nitrogens with one attached hydrogen (secondary N) is 1. The number of nitrogens with zero attached hydrogens (tertiary/aromatic N) is 1. The third-order valence-electron chi connectivity index (χ3n) is 8.21. The Hall–Kier alpha value is 0.130. The van der Waals surface area contributed by atoms with Gasteiger partial charge in [-0.1, -0.05) is 20.3 Å². The van der Waals surface area contributed by atoms with Gasteiger partial charge in [0.05, 0.1) is 6.61 Å². The third kappa shape index (κ3) is 6.80. The monoisotopic (exact) mass is 428 g/mol. The number of rotatable bonds is 8. The Morgan fingerprint density at radius 2 is 1.76 bits per heavy atom. The molecular formula is C24H45ClN2O2. The molecule has 0 amide bonds. The van der Waals surface area contributed by atoms with Crippen molar-refractivity contribution in [1.29, 1.82) is 0 Å². The van der Waals surface area contributed by atoms with Crippen LogP contribution in [0.4, 0.5) is 0 Å². The van der Waals surface area contributed by atoms with Gasteiger partial charge in [0.25, 0.3) is 0 Å². The van der Waals surface area contributed by atoms with Crippen LogP contribution in [0.25, 0.3) is 0 Å². The van der Waals surface area contributed by atoms with Gasteiger partial charge in [-0.25, -0.2) is 0 Å². The number of hydrogen-bond donors (Lipinski definition) is 3. The molecule has 5 heteroatoms. The van der Waals surface area contributed by atoms with Crippen molar-refractivity contribution in [1.82, 2.24) is 10.2 Å². The minimum Gasteiger partial charge on any atom is -0.396 e. The van der Waals surface area contributed by atoms with Crippen molar-refractivity contribution in [3.05, 3.63) is 0 Å². The molecule has 3 fully saturated rings. The first-order valence-electron chi connectivity index (χ1n) is 12.2. The lowest BCUT2D eigenvalue weighted by molar-refractivity contribution is 0.00382. The fraction of sp³-hybridized carbons (Fsp3) is 1.00. The fourth-order valence-electron chi connectivity index (χ4n) is 6.58. The van der Waals surface area contributed by atoms with Crippen molar-refractivity contribution in [2.75, 3.05) is 39.4 Å². The standard InChI is InChI=1S/C24H45ClN2O2/c1-24(2)17-27(11-10-23(24)20-6-8-21(25)9-7-20)14-22(16-29)26-13-18-4-3-5-19(12-18)15-28/h18-23,26,28-29H,3-17H2,1-2H3/t18?,19?,20?,21?,22-,23?/m0/s1. The molecule has 3 aliphatic rings. The summed E-state index contributed by atoms with van der Waals surface area (Å²) < 4.78 is 0. The van der Waals surface area contributed by atoms with Gasteiger partial charge in [-0.3, -0.25) is 0 Å². The molecule has 3 N–H and O–H groups in total. The quantitative estimate of drug-likeness (QED) is 0.513. The average Bonchev–Trinajstić information content (AvgIpc) is 2.71. The lowest BCUT2D eigenvalue weighted by atomic mass is 9.64. The van der Waals surface area contributed by atoms with Gasteiger partial charge in [-0.05, 0) is 93.5 Å². The zero-order valence-corrected chi connectivity index (χ0v) is 19.5. The number of alkyl halides is 1. The number of hydrogen-bond acceptors (Lipinski definition) is 4. The van der Waals surface area contributed by atoms with Crippen LogP contribution in [0.2, 0.25) is 0 Å². The topological polar surface area (TPSA) is 55.7 Å². The molecule has 3 unspecified atom stereocenters. The van der Waals surface area contributed by atoms with Crippen molar-refractivity contribution in [2.45, 2.75) is 83.1 Å². The van der Waals surface area contributed by atoms with Crippen molar-refractivity contribution < 1.29 is 10.2 Å². The second-order valence-electron chi connectivity index (χ2n) is 11.0. The highest BCUT2D eigenvalue weighted by atomic mass is 35.5. The van der Waals surface area contributed by atoms with Crippen LogP contribution in [0, 0.1) is 29.1 Å². The van der Waals surface area contributed by atoms with Crippen LogP contribution in [0.1, 0.15) is 71.6 Å². The number of aliphatic hydroxyl groups excluding tert-OH is 2. The average molecular weight is 429 g/mol. The van der Waals surface area contributed by atoms with Gasteiger partial charge >= 0.3 is 0 Å². The summed E-state index contributed by atoms with van der Waals surface area (Å²) in [6, 6.07) is 0.156. The van der Waals surface area contributed by atoms with E-state index in [0.717, 1.165) is 44.4 Å². The molecule has 0 radical (unpaired) electrons. The van der Waals surface area contributed by atoms with E-state index in [1.165, 1.54) is 51.4 Å². The van der Waals surface area contributed by atoms with Crippen LogP contribution in [0.3, 0.4) is 0 Å². The molecule has 1 heterocycles. The molecule has 2 aliphatic carbocycles. The molecular weight excluding hydrogens is 384 g/mol. The van der Waals surface area contributed by atoms with E-state index in [2.05, 4.69) is 24.1 Å². The Morgan fingerprint density at radius 1 is 1.03 bits per heavy atom. The van der Waals surface area contributed by atoms with E-state index in [1.54, 1.807) is 0 Å². The number of aliphatic hydroxyl groups is 2. The number of likely N-dealkylation sites (tertiary alicyclic amines) is 1. The lowest BCUT2D eigenvalue weighted by Gasteiger charge is -2.49. The summed E-state index contributed by atoms with van der Waals surface area (Å²) in [5.74, 6) is 2.78. The summed E-state index contributed by atoms with van der Waals surface area (Å²) in [5.41, 5.74) is 0.333. The van der Waals surface area contributed by atoms with Crippen LogP contribution in [0.5, 0.6) is 0 Å². The summed E-state index contributed by atoms with van der Waals surface area (Å²) in [6.45, 7) is 9.65. The van der Waals surface area contributed by atoms with Crippen molar-refractivity contribution in [2.24, 2.45) is 29.1 Å². The van der Waals surface area contributed by atoms with Crippen LogP contribution in [0.15, 0.2) is 0 Å². The molecule has 4 atom stereocenters. The summed E-state index contributed by atoms with van der Waals surface area (Å²) in [4.78, 5) is 2.58. The SMILES string of the molecule is CC1(C)CN(C[C@@H](CO)NCC2CCCC(CO)C2)CCC1C1CCC(Cl)CC1. The van der Waals surface area contributed by atoms with Crippen molar-refractivity contribution in [3.8, 4) is 0 Å². The largest absolute Gasteiger partial charge is 0.396 e. The summed E-state index contributed by atoms with van der Waals surface area (Å²) in [7, 11) is 0. The maximum atomic E-state index is 9.95. The van der Waals surface area contributed by atoms with Crippen LogP contribution < -0.4 is 5.32 Å². The van der Waals surface area contributed by atoms with Gasteiger partial charge in [0.2, 0.25) is 0 Å². The van der Waals surface area contributed by atoms with Crippen molar-refractivity contribution in [3.63, 3.8) is 0 Å². The fourth-order valence-corrected chi connectivity index (χ4v) is 6.83. The van der Waals surface area contributed by atoms with Gasteiger partial charge < -0.3 is 20.4 Å². The zero-order valence-electron chi connectivity index (χ0n) is 18.8. The molecule has 2 saturated carbocycles. The van der Waals surface area contributed by atoms with E-state index >= 15 is 0 Å². The molecule has 29 heavy (non-hydrogen) atoms. The molecule has 0 spiro atoms. The normalized spacial score (nSPS) is 37.3. The van der Waals surface area contributed by atoms with Gasteiger partial charge in [0, 0.05) is 31.1 Å². The smallest absolute Gasteiger partial charge is 0.0597 e. The van der Waals surface area contributed by atoms with Crippen molar-refractivity contribution >= 4 is 11.6 Å². The Bertz CT molecular complexity index is 482. The minimum atomic E-state index is 0.156. The number of piperidine rings is 1. The molecule has 0 aromatic rings. The Labute approximate surface area is 183 Å². The van der Waals surface area contributed by atoms with Gasteiger partial charge in [-0.15, -0.1) is 11.6 Å². The van der Waals surface area contributed by atoms with E-state index in [0.29, 0.717) is 29.2 Å². The maximum absolute atomic E-state index is 9.95. The van der Waals surface area contributed by atoms with E-state index in [4.69, 9.17) is 11.6 Å². The second kappa shape index (κ2) is 11.1. The second-order valence-corrected chi connectivity index (χ2v) is 11.6. The molecule has 170 valence electrons. The molecule has 1 saturated heterocycles. The highest BCUT2D eigenvalue weighted by Gasteiger charge is 2.41. The molecule has 4 nitrogen and oxygen atoms in total. The predicted octanol–water partition coefficient (Wildman–Crippen LogP) is 3.88. The summed E-state index contributed by atoms with van der Waals surface area (Å²) in [5, 5.41) is 23.5. The summed E-state index contributed by atoms with van der Waals surface area (Å²) >= 11 is 6.34. The first-order chi connectivity index (χ1) is 13.9. The predicted molar refractivity (Wildman–Crippen MR) is 121 cm³/mol. The number of halogens is 1. The van der Waals surface area contributed by atoms with Crippen LogP contribution in [-0.4, -0.2) is 65.9 Å².